The zero-order valence-corrected chi connectivity index (χ0v) is 17.5. The van der Waals surface area contributed by atoms with Crippen molar-refractivity contribution in [3.05, 3.63) is 47.5 Å². The second-order valence-corrected chi connectivity index (χ2v) is 9.42. The van der Waals surface area contributed by atoms with Crippen molar-refractivity contribution in [1.29, 1.82) is 0 Å². The fourth-order valence-corrected chi connectivity index (χ4v) is 3.68. The standard InChI is InChI=1S/C22H30O2S/c1-21(2,3)15-9-11-17(23-7)19(13-15)25-20-14-16(22(4,5)6)10-12-18(20)24-8/h9-14H,1-8H3. The first-order valence-corrected chi connectivity index (χ1v) is 9.43. The van der Waals surface area contributed by atoms with Crippen molar-refractivity contribution < 1.29 is 9.47 Å². The Bertz CT molecular complexity index is 673. The quantitative estimate of drug-likeness (QED) is 0.625. The summed E-state index contributed by atoms with van der Waals surface area (Å²) in [6.45, 7) is 13.4. The normalized spacial score (nSPS) is 12.2. The Hall–Kier alpha value is -1.61. The van der Waals surface area contributed by atoms with Gasteiger partial charge in [0, 0.05) is 0 Å². The molecule has 0 unspecified atom stereocenters. The van der Waals surface area contributed by atoms with Crippen LogP contribution in [0.15, 0.2) is 46.2 Å². The van der Waals surface area contributed by atoms with Gasteiger partial charge in [0.1, 0.15) is 11.5 Å². The van der Waals surface area contributed by atoms with E-state index in [1.165, 1.54) is 11.1 Å². The summed E-state index contributed by atoms with van der Waals surface area (Å²) in [6, 6.07) is 12.9. The molecule has 2 rings (SSSR count). The van der Waals surface area contributed by atoms with E-state index in [1.54, 1.807) is 26.0 Å². The van der Waals surface area contributed by atoms with Gasteiger partial charge in [-0.25, -0.2) is 0 Å². The van der Waals surface area contributed by atoms with E-state index in [1.807, 2.05) is 0 Å². The van der Waals surface area contributed by atoms with Crippen LogP contribution in [0.3, 0.4) is 0 Å². The van der Waals surface area contributed by atoms with E-state index >= 15 is 0 Å². The summed E-state index contributed by atoms with van der Waals surface area (Å²) in [7, 11) is 3.44. The predicted molar refractivity (Wildman–Crippen MR) is 108 cm³/mol. The maximum Gasteiger partial charge on any atom is 0.132 e. The lowest BCUT2D eigenvalue weighted by Gasteiger charge is -2.22. The van der Waals surface area contributed by atoms with Gasteiger partial charge in [-0.2, -0.15) is 0 Å². The van der Waals surface area contributed by atoms with Gasteiger partial charge >= 0.3 is 0 Å². The molecule has 2 aromatic rings. The molecule has 0 aliphatic rings. The Balaban J connectivity index is 2.51. The predicted octanol–water partition coefficient (Wildman–Crippen LogP) is 6.45. The Morgan fingerprint density at radius 2 is 1.00 bits per heavy atom. The van der Waals surface area contributed by atoms with Crippen LogP contribution in [0.1, 0.15) is 52.7 Å². The van der Waals surface area contributed by atoms with Gasteiger partial charge in [0.25, 0.3) is 0 Å². The molecule has 2 aromatic carbocycles. The second kappa shape index (κ2) is 7.33. The first-order chi connectivity index (χ1) is 11.6. The van der Waals surface area contributed by atoms with Crippen molar-refractivity contribution in [3.8, 4) is 11.5 Å². The lowest BCUT2D eigenvalue weighted by atomic mass is 9.87. The first-order valence-electron chi connectivity index (χ1n) is 8.61. The Morgan fingerprint density at radius 1 is 0.640 bits per heavy atom. The maximum absolute atomic E-state index is 5.59. The average molecular weight is 359 g/mol. The SMILES string of the molecule is COc1ccc(C(C)(C)C)cc1Sc1cc(C(C)(C)C)ccc1OC. The van der Waals surface area contributed by atoms with E-state index in [9.17, 15) is 0 Å². The van der Waals surface area contributed by atoms with Crippen LogP contribution in [-0.4, -0.2) is 14.2 Å². The first kappa shape index (κ1) is 19.7. The molecule has 0 saturated carbocycles. The molecule has 0 fully saturated rings. The van der Waals surface area contributed by atoms with Crippen LogP contribution in [-0.2, 0) is 10.8 Å². The van der Waals surface area contributed by atoms with Crippen LogP contribution >= 0.6 is 11.8 Å². The lowest BCUT2D eigenvalue weighted by Crippen LogP contribution is -2.11. The number of benzene rings is 2. The minimum Gasteiger partial charge on any atom is -0.496 e. The highest BCUT2D eigenvalue weighted by Gasteiger charge is 2.19. The van der Waals surface area contributed by atoms with Crippen LogP contribution in [0.4, 0.5) is 0 Å². The molecule has 0 N–H and O–H groups in total. The summed E-state index contributed by atoms with van der Waals surface area (Å²) in [6.07, 6.45) is 0. The van der Waals surface area contributed by atoms with Gasteiger partial charge in [0.15, 0.2) is 0 Å². The number of hydrogen-bond donors (Lipinski definition) is 0. The molecule has 0 radical (unpaired) electrons. The molecule has 25 heavy (non-hydrogen) atoms. The van der Waals surface area contributed by atoms with Crippen LogP contribution in [0, 0.1) is 0 Å². The summed E-state index contributed by atoms with van der Waals surface area (Å²) in [4.78, 5) is 2.22. The van der Waals surface area contributed by atoms with Gasteiger partial charge in [0.2, 0.25) is 0 Å². The molecule has 0 aliphatic carbocycles. The van der Waals surface area contributed by atoms with Gasteiger partial charge in [-0.1, -0.05) is 65.4 Å². The Labute approximate surface area is 156 Å². The van der Waals surface area contributed by atoms with Gasteiger partial charge < -0.3 is 9.47 Å². The molecule has 0 amide bonds. The van der Waals surface area contributed by atoms with Gasteiger partial charge in [-0.15, -0.1) is 0 Å². The molecule has 0 saturated heterocycles. The zero-order valence-electron chi connectivity index (χ0n) is 16.7. The van der Waals surface area contributed by atoms with Gasteiger partial charge in [0.05, 0.1) is 24.0 Å². The van der Waals surface area contributed by atoms with E-state index in [0.29, 0.717) is 0 Å². The van der Waals surface area contributed by atoms with Crippen molar-refractivity contribution in [3.63, 3.8) is 0 Å². The third-order valence-electron chi connectivity index (χ3n) is 4.28. The average Bonchev–Trinajstić information content (AvgIpc) is 2.53. The van der Waals surface area contributed by atoms with Crippen molar-refractivity contribution in [2.24, 2.45) is 0 Å². The van der Waals surface area contributed by atoms with Crippen LogP contribution < -0.4 is 9.47 Å². The molecule has 0 aliphatic heterocycles. The Morgan fingerprint density at radius 3 is 1.28 bits per heavy atom. The number of methoxy groups -OCH3 is 2. The fourth-order valence-electron chi connectivity index (χ4n) is 2.56. The number of hydrogen-bond acceptors (Lipinski definition) is 3. The largest absolute Gasteiger partial charge is 0.496 e. The molecule has 0 aromatic heterocycles. The minimum absolute atomic E-state index is 0.0962. The Kier molecular flexibility index (Phi) is 5.78. The molecule has 136 valence electrons. The molecule has 0 atom stereocenters. The van der Waals surface area contributed by atoms with Crippen molar-refractivity contribution >= 4 is 11.8 Å². The molecule has 2 nitrogen and oxygen atoms in total. The fraction of sp³-hybridized carbons (Fsp3) is 0.455. The molecule has 0 spiro atoms. The summed E-state index contributed by atoms with van der Waals surface area (Å²) >= 11 is 1.70. The minimum atomic E-state index is 0.0962. The van der Waals surface area contributed by atoms with Crippen molar-refractivity contribution in [1.82, 2.24) is 0 Å². The highest BCUT2D eigenvalue weighted by molar-refractivity contribution is 7.99. The molecular formula is C22H30O2S. The molecule has 3 heteroatoms. The number of rotatable bonds is 4. The lowest BCUT2D eigenvalue weighted by molar-refractivity contribution is 0.401. The van der Waals surface area contributed by atoms with Gasteiger partial charge in [-0.3, -0.25) is 0 Å². The monoisotopic (exact) mass is 358 g/mol. The van der Waals surface area contributed by atoms with E-state index in [4.69, 9.17) is 9.47 Å². The summed E-state index contributed by atoms with van der Waals surface area (Å²) < 4.78 is 11.2. The highest BCUT2D eigenvalue weighted by atomic mass is 32.2. The molecular weight excluding hydrogens is 328 g/mol. The van der Waals surface area contributed by atoms with E-state index < -0.39 is 0 Å². The topological polar surface area (TPSA) is 18.5 Å². The zero-order chi connectivity index (χ0) is 18.8. The second-order valence-electron chi connectivity index (χ2n) is 8.33. The summed E-state index contributed by atoms with van der Waals surface area (Å²) in [5.74, 6) is 1.78. The van der Waals surface area contributed by atoms with E-state index in [2.05, 4.69) is 77.9 Å². The molecule has 0 bridgehead atoms. The third kappa shape index (κ3) is 4.72. The van der Waals surface area contributed by atoms with Crippen LogP contribution in [0.5, 0.6) is 11.5 Å². The highest BCUT2D eigenvalue weighted by Crippen LogP contribution is 2.42. The van der Waals surface area contributed by atoms with Crippen molar-refractivity contribution in [2.45, 2.75) is 62.2 Å². The van der Waals surface area contributed by atoms with Crippen molar-refractivity contribution in [2.75, 3.05) is 14.2 Å². The summed E-state index contributed by atoms with van der Waals surface area (Å²) in [5, 5.41) is 0. The van der Waals surface area contributed by atoms with E-state index in [0.717, 1.165) is 21.3 Å². The van der Waals surface area contributed by atoms with Crippen LogP contribution in [0.25, 0.3) is 0 Å². The summed E-state index contributed by atoms with van der Waals surface area (Å²) in [5.41, 5.74) is 2.78. The maximum atomic E-state index is 5.59. The van der Waals surface area contributed by atoms with Gasteiger partial charge in [-0.05, 0) is 46.2 Å². The number of ether oxygens (including phenoxy) is 2. The smallest absolute Gasteiger partial charge is 0.132 e. The van der Waals surface area contributed by atoms with E-state index in [-0.39, 0.29) is 10.8 Å². The molecule has 0 heterocycles. The third-order valence-corrected chi connectivity index (χ3v) is 5.36. The van der Waals surface area contributed by atoms with Crippen LogP contribution in [0.2, 0.25) is 0 Å².